The summed E-state index contributed by atoms with van der Waals surface area (Å²) in [5, 5.41) is 24.3. The number of imidazole rings is 1. The number of rotatable bonds is 16. The van der Waals surface area contributed by atoms with E-state index < -0.39 is 24.5 Å². The molecule has 7 rings (SSSR count). The molecule has 0 radical (unpaired) electrons. The van der Waals surface area contributed by atoms with Crippen LogP contribution in [0.15, 0.2) is 134 Å². The molecule has 2 aromatic heterocycles. The monoisotopic (exact) mass is 729 g/mol. The minimum atomic E-state index is -1.08. The van der Waals surface area contributed by atoms with Crippen molar-refractivity contribution in [2.45, 2.75) is 55.0 Å². The van der Waals surface area contributed by atoms with E-state index in [1.807, 2.05) is 17.8 Å². The first kappa shape index (κ1) is 36.4. The maximum Gasteiger partial charge on any atom is 0.256 e. The summed E-state index contributed by atoms with van der Waals surface area (Å²) in [6.45, 7) is 0.105. The lowest BCUT2D eigenvalue weighted by Gasteiger charge is -2.35. The number of unbranched alkanes of at least 4 members (excludes halogenated alkanes) is 3. The van der Waals surface area contributed by atoms with E-state index in [1.54, 1.807) is 28.8 Å². The maximum absolute atomic E-state index is 12.8. The van der Waals surface area contributed by atoms with Gasteiger partial charge in [0.05, 0.1) is 17.7 Å². The molecule has 0 bridgehead atoms. The Morgan fingerprint density at radius 3 is 1.98 bits per heavy atom. The first-order valence-electron chi connectivity index (χ1n) is 18.0. The number of carbonyl (C=O) groups excluding carboxylic acids is 1. The van der Waals surface area contributed by atoms with E-state index in [4.69, 9.17) is 9.47 Å². The highest BCUT2D eigenvalue weighted by atomic mass is 32.2. The normalized spacial score (nSPS) is 18.7. The average molecular weight is 730 g/mol. The number of ether oxygens (including phenoxy) is 2. The van der Waals surface area contributed by atoms with Gasteiger partial charge in [0.2, 0.25) is 0 Å². The fourth-order valence-corrected chi connectivity index (χ4v) is 8.53. The van der Waals surface area contributed by atoms with Gasteiger partial charge in [0.15, 0.2) is 23.2 Å². The van der Waals surface area contributed by atoms with Crippen LogP contribution in [0.25, 0.3) is 11.2 Å². The largest absolute Gasteiger partial charge is 0.394 e. The second-order valence-electron chi connectivity index (χ2n) is 13.0. The van der Waals surface area contributed by atoms with Crippen molar-refractivity contribution in [1.29, 1.82) is 0 Å². The molecule has 1 saturated heterocycles. The summed E-state index contributed by atoms with van der Waals surface area (Å²) in [6.07, 6.45) is 3.21. The molecule has 0 saturated carbocycles. The molecule has 0 unspecified atom stereocenters. The topological polar surface area (TPSA) is 132 Å². The Morgan fingerprint density at radius 1 is 0.792 bits per heavy atom. The number of aliphatic hydroxyl groups is 2. The molecule has 6 aromatic rings. The van der Waals surface area contributed by atoms with E-state index in [2.05, 4.69) is 111 Å². The standard InChI is InChI=1S/C42H43N5O5S/c48-27-34-37(36(49)41(52-34)47-29-45-35-38(43-28-44-39(35)47)46-40(50)30-17-7-3-8-18-30)51-25-15-1-2-16-26-53-42(31-19-9-4-10-20-31,32-21-11-5-12-22-32)33-23-13-6-14-24-33/h3-14,17-24,28-29,34,36-37,41,48-49H,1-2,15-16,25-27H2,(H,43,44,46,50)/t34-,36-,37-,41-/m1/s1. The molecule has 3 heterocycles. The molecule has 53 heavy (non-hydrogen) atoms. The van der Waals surface area contributed by atoms with Crippen LogP contribution >= 0.6 is 11.8 Å². The molecular weight excluding hydrogens is 687 g/mol. The molecule has 1 fully saturated rings. The molecule has 272 valence electrons. The molecule has 11 heteroatoms. The molecule has 0 spiro atoms. The van der Waals surface area contributed by atoms with E-state index >= 15 is 0 Å². The summed E-state index contributed by atoms with van der Waals surface area (Å²) >= 11 is 1.97. The molecule has 1 amide bonds. The molecular formula is C42H43N5O5S. The zero-order chi connectivity index (χ0) is 36.5. The Morgan fingerprint density at radius 2 is 1.38 bits per heavy atom. The van der Waals surface area contributed by atoms with Crippen molar-refractivity contribution in [3.8, 4) is 0 Å². The van der Waals surface area contributed by atoms with Crippen LogP contribution in [0.5, 0.6) is 0 Å². The van der Waals surface area contributed by atoms with Gasteiger partial charge in [-0.2, -0.15) is 0 Å². The Hall–Kier alpha value is -4.91. The third kappa shape index (κ3) is 7.90. The Labute approximate surface area is 313 Å². The van der Waals surface area contributed by atoms with Crippen molar-refractivity contribution in [3.63, 3.8) is 0 Å². The minimum absolute atomic E-state index is 0.242. The van der Waals surface area contributed by atoms with Crippen LogP contribution in [0, 0.1) is 0 Å². The van der Waals surface area contributed by atoms with Crippen LogP contribution in [0.4, 0.5) is 5.82 Å². The van der Waals surface area contributed by atoms with E-state index in [0.717, 1.165) is 31.4 Å². The highest BCUT2D eigenvalue weighted by Gasteiger charge is 2.46. The highest BCUT2D eigenvalue weighted by molar-refractivity contribution is 8.00. The molecule has 10 nitrogen and oxygen atoms in total. The van der Waals surface area contributed by atoms with E-state index in [9.17, 15) is 15.0 Å². The molecule has 0 aliphatic carbocycles. The van der Waals surface area contributed by atoms with E-state index in [1.165, 1.54) is 29.3 Å². The predicted octanol–water partition coefficient (Wildman–Crippen LogP) is 7.00. The van der Waals surface area contributed by atoms with Crippen LogP contribution < -0.4 is 5.32 Å². The molecule has 1 aliphatic rings. The number of anilines is 1. The van der Waals surface area contributed by atoms with Crippen LogP contribution in [0.1, 0.15) is 59.0 Å². The zero-order valence-corrected chi connectivity index (χ0v) is 30.1. The predicted molar refractivity (Wildman–Crippen MR) is 207 cm³/mol. The number of fused-ring (bicyclic) bond motifs is 1. The molecule has 1 aliphatic heterocycles. The van der Waals surface area contributed by atoms with Gasteiger partial charge in [0.1, 0.15) is 24.6 Å². The Balaban J connectivity index is 0.937. The van der Waals surface area contributed by atoms with Crippen molar-refractivity contribution < 1.29 is 24.5 Å². The van der Waals surface area contributed by atoms with Gasteiger partial charge in [-0.3, -0.25) is 9.36 Å². The van der Waals surface area contributed by atoms with Crippen LogP contribution in [-0.2, 0) is 14.2 Å². The highest BCUT2D eigenvalue weighted by Crippen LogP contribution is 2.48. The van der Waals surface area contributed by atoms with E-state index in [0.29, 0.717) is 23.3 Å². The van der Waals surface area contributed by atoms with Crippen molar-refractivity contribution in [2.75, 3.05) is 24.3 Å². The van der Waals surface area contributed by atoms with Crippen LogP contribution in [-0.4, -0.2) is 72.9 Å². The number of benzene rings is 4. The van der Waals surface area contributed by atoms with Crippen LogP contribution in [0.3, 0.4) is 0 Å². The fourth-order valence-electron chi connectivity index (χ4n) is 6.97. The van der Waals surface area contributed by atoms with Crippen molar-refractivity contribution in [2.24, 2.45) is 0 Å². The lowest BCUT2D eigenvalue weighted by atomic mass is 9.84. The lowest BCUT2D eigenvalue weighted by Crippen LogP contribution is -2.36. The smallest absolute Gasteiger partial charge is 0.256 e. The van der Waals surface area contributed by atoms with Gasteiger partial charge in [0, 0.05) is 12.2 Å². The molecule has 4 aromatic carbocycles. The molecule has 3 N–H and O–H groups in total. The third-order valence-corrected chi connectivity index (χ3v) is 11.2. The second-order valence-corrected chi connectivity index (χ2v) is 14.3. The number of aliphatic hydroxyl groups excluding tert-OH is 2. The van der Waals surface area contributed by atoms with Gasteiger partial charge in [0.25, 0.3) is 5.91 Å². The van der Waals surface area contributed by atoms with Crippen molar-refractivity contribution in [3.05, 3.63) is 156 Å². The minimum Gasteiger partial charge on any atom is -0.394 e. The summed E-state index contributed by atoms with van der Waals surface area (Å²) in [7, 11) is 0. The summed E-state index contributed by atoms with van der Waals surface area (Å²) in [5.41, 5.74) is 4.99. The zero-order valence-electron chi connectivity index (χ0n) is 29.3. The number of nitrogens with zero attached hydrogens (tertiary/aromatic N) is 4. The summed E-state index contributed by atoms with van der Waals surface area (Å²) in [6, 6.07) is 41.0. The Kier molecular flexibility index (Phi) is 11.9. The van der Waals surface area contributed by atoms with Gasteiger partial charge in [-0.25, -0.2) is 15.0 Å². The number of hydrogen-bond acceptors (Lipinski definition) is 9. The van der Waals surface area contributed by atoms with Gasteiger partial charge < -0.3 is 25.0 Å². The number of thioether (sulfide) groups is 1. The SMILES string of the molecule is O=C(Nc1ncnc2c1ncn2[C@@H]1O[C@H](CO)[C@@H](OCCCCCCSC(c2ccccc2)(c2ccccc2)c2ccccc2)[C@H]1O)c1ccccc1. The van der Waals surface area contributed by atoms with Crippen molar-refractivity contribution >= 4 is 34.7 Å². The summed E-state index contributed by atoms with van der Waals surface area (Å²) < 4.78 is 13.5. The number of carbonyl (C=O) groups is 1. The lowest BCUT2D eigenvalue weighted by molar-refractivity contribution is -0.0609. The third-order valence-electron chi connectivity index (χ3n) is 9.60. The van der Waals surface area contributed by atoms with Crippen molar-refractivity contribution in [1.82, 2.24) is 19.5 Å². The van der Waals surface area contributed by atoms with Gasteiger partial charge in [-0.15, -0.1) is 11.8 Å². The number of nitrogens with one attached hydrogen (secondary N) is 1. The first-order chi connectivity index (χ1) is 26.1. The fraction of sp³-hybridized carbons (Fsp3) is 0.286. The van der Waals surface area contributed by atoms with Crippen LogP contribution in [0.2, 0.25) is 0 Å². The number of aromatic nitrogens is 4. The second kappa shape index (κ2) is 17.3. The summed E-state index contributed by atoms with van der Waals surface area (Å²) in [5.74, 6) is 0.888. The molecule has 4 atom stereocenters. The van der Waals surface area contributed by atoms with Gasteiger partial charge >= 0.3 is 0 Å². The van der Waals surface area contributed by atoms with Gasteiger partial charge in [-0.1, -0.05) is 122 Å². The number of amides is 1. The summed E-state index contributed by atoms with van der Waals surface area (Å²) in [4.78, 5) is 25.8. The van der Waals surface area contributed by atoms with E-state index in [-0.39, 0.29) is 23.1 Å². The Bertz CT molecular complexity index is 1960. The average Bonchev–Trinajstić information content (AvgIpc) is 3.79. The number of hydrogen-bond donors (Lipinski definition) is 3. The first-order valence-corrected chi connectivity index (χ1v) is 19.0. The quantitative estimate of drug-likeness (QED) is 0.0712. The van der Waals surface area contributed by atoms with Gasteiger partial charge in [-0.05, 0) is 47.4 Å². The maximum atomic E-state index is 12.8.